The maximum Gasteiger partial charge on any atom is 0.123 e. The molecule has 0 fully saturated rings. The number of hydrogen-bond donors (Lipinski definition) is 1. The topological polar surface area (TPSA) is 50.7 Å². The lowest BCUT2D eigenvalue weighted by atomic mass is 10.2. The number of nitrogens with one attached hydrogen (secondary N) is 1. The molecule has 0 aliphatic heterocycles. The number of fused-ring (bicyclic) bond motifs is 1. The Labute approximate surface area is 115 Å². The average Bonchev–Trinajstić information content (AvgIpc) is 2.95. The fraction of sp³-hybridized carbons (Fsp3) is 0.214. The van der Waals surface area contributed by atoms with Crippen molar-refractivity contribution in [2.24, 2.45) is 0 Å². The molecule has 3 rings (SSSR count). The lowest BCUT2D eigenvalue weighted by Gasteiger charge is -2.05. The van der Waals surface area contributed by atoms with E-state index in [4.69, 9.17) is 0 Å². The Bertz CT molecular complexity index is 707. The van der Waals surface area contributed by atoms with Crippen molar-refractivity contribution in [1.82, 2.24) is 20.3 Å². The number of hydrogen-bond acceptors (Lipinski definition) is 5. The number of nitrogens with zero attached hydrogens (tertiary/aromatic N) is 3. The van der Waals surface area contributed by atoms with Crippen LogP contribution in [0.25, 0.3) is 21.6 Å². The van der Waals surface area contributed by atoms with Gasteiger partial charge in [-0.3, -0.25) is 9.97 Å². The second-order valence-corrected chi connectivity index (χ2v) is 5.21. The summed E-state index contributed by atoms with van der Waals surface area (Å²) >= 11 is 1.66. The molecule has 0 saturated carbocycles. The van der Waals surface area contributed by atoms with Gasteiger partial charge in [0, 0.05) is 29.4 Å². The molecule has 19 heavy (non-hydrogen) atoms. The van der Waals surface area contributed by atoms with Gasteiger partial charge in [0.05, 0.1) is 16.7 Å². The molecule has 4 nitrogen and oxygen atoms in total. The normalized spacial score (nSPS) is 12.7. The van der Waals surface area contributed by atoms with Gasteiger partial charge in [0.2, 0.25) is 0 Å². The van der Waals surface area contributed by atoms with Gasteiger partial charge in [-0.1, -0.05) is 0 Å². The van der Waals surface area contributed by atoms with Crippen molar-refractivity contribution in [2.45, 2.75) is 13.0 Å². The summed E-state index contributed by atoms with van der Waals surface area (Å²) < 4.78 is 0. The van der Waals surface area contributed by atoms with Crippen molar-refractivity contribution in [3.8, 4) is 10.6 Å². The van der Waals surface area contributed by atoms with Gasteiger partial charge in [-0.05, 0) is 32.2 Å². The standard InChI is InChI=1S/C14H14N4S/c1-9(15-2)13-8-19-14(18-13)10-3-4-11-12(7-10)17-6-5-16-11/h3-9,15H,1-2H3. The van der Waals surface area contributed by atoms with Crippen LogP contribution in [0.2, 0.25) is 0 Å². The highest BCUT2D eigenvalue weighted by molar-refractivity contribution is 7.13. The minimum Gasteiger partial charge on any atom is -0.312 e. The molecule has 1 unspecified atom stereocenters. The van der Waals surface area contributed by atoms with Crippen LogP contribution in [0.3, 0.4) is 0 Å². The van der Waals surface area contributed by atoms with Crippen LogP contribution in [0, 0.1) is 0 Å². The minimum atomic E-state index is 0.269. The Kier molecular flexibility index (Phi) is 3.23. The molecule has 2 heterocycles. The van der Waals surface area contributed by atoms with Crippen LogP contribution in [0.4, 0.5) is 0 Å². The highest BCUT2D eigenvalue weighted by Gasteiger charge is 2.10. The summed E-state index contributed by atoms with van der Waals surface area (Å²) in [6, 6.07) is 6.34. The molecule has 5 heteroatoms. The van der Waals surface area contributed by atoms with Crippen LogP contribution in [-0.2, 0) is 0 Å². The Hall–Kier alpha value is -1.85. The SMILES string of the molecule is CNC(C)c1csc(-c2ccc3nccnc3c2)n1. The van der Waals surface area contributed by atoms with Crippen LogP contribution in [0.15, 0.2) is 36.0 Å². The fourth-order valence-electron chi connectivity index (χ4n) is 1.86. The van der Waals surface area contributed by atoms with E-state index < -0.39 is 0 Å². The quantitative estimate of drug-likeness (QED) is 0.794. The zero-order valence-corrected chi connectivity index (χ0v) is 11.6. The summed E-state index contributed by atoms with van der Waals surface area (Å²) in [7, 11) is 1.94. The van der Waals surface area contributed by atoms with Gasteiger partial charge >= 0.3 is 0 Å². The summed E-state index contributed by atoms with van der Waals surface area (Å²) in [6.45, 7) is 2.10. The van der Waals surface area contributed by atoms with Gasteiger partial charge in [-0.25, -0.2) is 4.98 Å². The van der Waals surface area contributed by atoms with Crippen LogP contribution in [-0.4, -0.2) is 22.0 Å². The van der Waals surface area contributed by atoms with Crippen LogP contribution < -0.4 is 5.32 Å². The van der Waals surface area contributed by atoms with Gasteiger partial charge in [0.25, 0.3) is 0 Å². The molecule has 2 aromatic heterocycles. The number of aromatic nitrogens is 3. The molecular formula is C14H14N4S. The Morgan fingerprint density at radius 2 is 1.95 bits per heavy atom. The van der Waals surface area contributed by atoms with Gasteiger partial charge < -0.3 is 5.32 Å². The van der Waals surface area contributed by atoms with E-state index >= 15 is 0 Å². The molecule has 0 amide bonds. The lowest BCUT2D eigenvalue weighted by Crippen LogP contribution is -2.12. The molecule has 96 valence electrons. The molecule has 1 N–H and O–H groups in total. The first kappa shape index (κ1) is 12.2. The fourth-order valence-corrected chi connectivity index (χ4v) is 2.77. The maximum absolute atomic E-state index is 4.67. The molecule has 0 aliphatic carbocycles. The van der Waals surface area contributed by atoms with E-state index in [-0.39, 0.29) is 6.04 Å². The van der Waals surface area contributed by atoms with E-state index in [1.165, 1.54) is 0 Å². The predicted octanol–water partition coefficient (Wildman–Crippen LogP) is 3.03. The van der Waals surface area contributed by atoms with E-state index in [9.17, 15) is 0 Å². The molecule has 0 bridgehead atoms. The van der Waals surface area contributed by atoms with Crippen molar-refractivity contribution in [3.05, 3.63) is 41.7 Å². The summed E-state index contributed by atoms with van der Waals surface area (Å²) in [5.41, 5.74) is 3.97. The highest BCUT2D eigenvalue weighted by atomic mass is 32.1. The van der Waals surface area contributed by atoms with E-state index in [0.717, 1.165) is 27.3 Å². The van der Waals surface area contributed by atoms with Crippen LogP contribution >= 0.6 is 11.3 Å². The number of rotatable bonds is 3. The molecular weight excluding hydrogens is 256 g/mol. The zero-order chi connectivity index (χ0) is 13.2. The summed E-state index contributed by atoms with van der Waals surface area (Å²) in [5.74, 6) is 0. The van der Waals surface area contributed by atoms with Crippen molar-refractivity contribution in [1.29, 1.82) is 0 Å². The third kappa shape index (κ3) is 2.34. The second-order valence-electron chi connectivity index (χ2n) is 4.35. The number of benzene rings is 1. The van der Waals surface area contributed by atoms with Crippen molar-refractivity contribution in [2.75, 3.05) is 7.05 Å². The third-order valence-electron chi connectivity index (χ3n) is 3.11. The Morgan fingerprint density at radius 1 is 1.16 bits per heavy atom. The average molecular weight is 270 g/mol. The van der Waals surface area contributed by atoms with E-state index in [0.29, 0.717) is 0 Å². The monoisotopic (exact) mass is 270 g/mol. The molecule has 0 aliphatic rings. The predicted molar refractivity (Wildman–Crippen MR) is 78.1 cm³/mol. The summed E-state index contributed by atoms with van der Waals surface area (Å²) in [4.78, 5) is 13.3. The molecule has 1 aromatic carbocycles. The molecule has 1 atom stereocenters. The smallest absolute Gasteiger partial charge is 0.123 e. The van der Waals surface area contributed by atoms with Crippen molar-refractivity contribution >= 4 is 22.4 Å². The Balaban J connectivity index is 2.01. The van der Waals surface area contributed by atoms with E-state index in [1.807, 2.05) is 25.2 Å². The Morgan fingerprint density at radius 3 is 2.74 bits per heavy atom. The van der Waals surface area contributed by atoms with Crippen molar-refractivity contribution in [3.63, 3.8) is 0 Å². The molecule has 0 saturated heterocycles. The summed E-state index contributed by atoms with van der Waals surface area (Å²) in [5, 5.41) is 6.31. The molecule has 3 aromatic rings. The largest absolute Gasteiger partial charge is 0.312 e. The molecule has 0 spiro atoms. The van der Waals surface area contributed by atoms with E-state index in [2.05, 4.69) is 32.6 Å². The first-order valence-electron chi connectivity index (χ1n) is 6.12. The van der Waals surface area contributed by atoms with Crippen LogP contribution in [0.1, 0.15) is 18.7 Å². The first-order chi connectivity index (χ1) is 9.28. The van der Waals surface area contributed by atoms with E-state index in [1.54, 1.807) is 23.7 Å². The molecule has 0 radical (unpaired) electrons. The van der Waals surface area contributed by atoms with Crippen LogP contribution in [0.5, 0.6) is 0 Å². The van der Waals surface area contributed by atoms with Gasteiger partial charge in [0.1, 0.15) is 5.01 Å². The highest BCUT2D eigenvalue weighted by Crippen LogP contribution is 2.27. The van der Waals surface area contributed by atoms with Gasteiger partial charge in [-0.2, -0.15) is 0 Å². The minimum absolute atomic E-state index is 0.269. The van der Waals surface area contributed by atoms with Gasteiger partial charge in [-0.15, -0.1) is 11.3 Å². The number of thiazole rings is 1. The maximum atomic E-state index is 4.67. The lowest BCUT2D eigenvalue weighted by molar-refractivity contribution is 0.637. The third-order valence-corrected chi connectivity index (χ3v) is 4.02. The van der Waals surface area contributed by atoms with Gasteiger partial charge in [0.15, 0.2) is 0 Å². The first-order valence-corrected chi connectivity index (χ1v) is 7.00. The summed E-state index contributed by atoms with van der Waals surface area (Å²) in [6.07, 6.45) is 3.42. The van der Waals surface area contributed by atoms with Crippen molar-refractivity contribution < 1.29 is 0 Å². The zero-order valence-electron chi connectivity index (χ0n) is 10.8. The second kappa shape index (κ2) is 5.03.